The second kappa shape index (κ2) is 5.57. The fraction of sp³-hybridized carbons (Fsp3) is 0.875. The van der Waals surface area contributed by atoms with E-state index >= 15 is 0 Å². The maximum Gasteiger partial charge on any atom is 0.320 e. The predicted octanol–water partition coefficient (Wildman–Crippen LogP) is 0.255. The van der Waals surface area contributed by atoms with E-state index in [1.807, 2.05) is 0 Å². The summed E-state index contributed by atoms with van der Waals surface area (Å²) in [6.07, 6.45) is 0. The fourth-order valence-electron chi connectivity index (χ4n) is 1.21. The van der Waals surface area contributed by atoms with Crippen LogP contribution in [0.1, 0.15) is 0 Å². The molecule has 0 saturated carbocycles. The fourth-order valence-corrected chi connectivity index (χ4v) is 1.81. The molecular weight excluding hydrogens is 238 g/mol. The number of alkyl halides is 1. The minimum atomic E-state index is -0.226. The van der Waals surface area contributed by atoms with E-state index in [9.17, 15) is 4.79 Å². The van der Waals surface area contributed by atoms with Crippen LogP contribution in [0.25, 0.3) is 0 Å². The summed E-state index contributed by atoms with van der Waals surface area (Å²) in [5, 5.41) is 0. The third kappa shape index (κ3) is 3.62. The van der Waals surface area contributed by atoms with Gasteiger partial charge in [0.25, 0.3) is 0 Å². The van der Waals surface area contributed by atoms with E-state index in [4.69, 9.17) is 4.74 Å². The number of hydrogen-bond donors (Lipinski definition) is 0. The van der Waals surface area contributed by atoms with Gasteiger partial charge in [-0.15, -0.1) is 0 Å². The van der Waals surface area contributed by atoms with E-state index in [2.05, 4.69) is 25.6 Å². The highest BCUT2D eigenvalue weighted by atomic mass is 79.9. The Morgan fingerprint density at radius 1 is 1.62 bits per heavy atom. The minimum absolute atomic E-state index is 0.216. The van der Waals surface area contributed by atoms with Gasteiger partial charge in [-0.2, -0.15) is 0 Å². The van der Waals surface area contributed by atoms with Crippen molar-refractivity contribution in [2.45, 2.75) is 4.83 Å². The molecule has 0 bridgehead atoms. The molecule has 1 aliphatic heterocycles. The summed E-state index contributed by atoms with van der Waals surface area (Å²) in [6.45, 7) is 3.97. The van der Waals surface area contributed by atoms with Crippen LogP contribution < -0.4 is 0 Å². The summed E-state index contributed by atoms with van der Waals surface area (Å²) in [6, 6.07) is 0. The number of hydrogen-bond acceptors (Lipinski definition) is 4. The van der Waals surface area contributed by atoms with Crippen LogP contribution in [0.4, 0.5) is 0 Å². The zero-order valence-electron chi connectivity index (χ0n) is 7.66. The van der Waals surface area contributed by atoms with Crippen molar-refractivity contribution >= 4 is 21.9 Å². The Balaban J connectivity index is 2.25. The Kier molecular flexibility index (Phi) is 4.69. The molecule has 4 nitrogen and oxygen atoms in total. The molecule has 0 N–H and O–H groups in total. The van der Waals surface area contributed by atoms with Gasteiger partial charge in [0, 0.05) is 19.6 Å². The molecule has 76 valence electrons. The molecule has 0 aromatic rings. The Bertz CT molecular complexity index is 171. The first kappa shape index (κ1) is 10.9. The van der Waals surface area contributed by atoms with Crippen LogP contribution in [0.2, 0.25) is 0 Å². The molecule has 1 fully saturated rings. The molecule has 13 heavy (non-hydrogen) atoms. The number of halogens is 1. The number of carbonyl (C=O) groups excluding carboxylic acids is 1. The van der Waals surface area contributed by atoms with Gasteiger partial charge in [-0.3, -0.25) is 9.69 Å². The minimum Gasteiger partial charge on any atom is -0.468 e. The molecule has 0 aliphatic carbocycles. The number of morpholine rings is 1. The van der Waals surface area contributed by atoms with Gasteiger partial charge < -0.3 is 9.47 Å². The summed E-state index contributed by atoms with van der Waals surface area (Å²) in [4.78, 5) is 13.0. The molecule has 0 spiro atoms. The van der Waals surface area contributed by atoms with Gasteiger partial charge in [0.1, 0.15) is 4.83 Å². The molecule has 0 amide bonds. The van der Waals surface area contributed by atoms with Crippen molar-refractivity contribution < 1.29 is 14.3 Å². The van der Waals surface area contributed by atoms with Crippen LogP contribution in [0.15, 0.2) is 0 Å². The first-order chi connectivity index (χ1) is 6.24. The van der Waals surface area contributed by atoms with Crippen molar-refractivity contribution in [3.8, 4) is 0 Å². The summed E-state index contributed by atoms with van der Waals surface area (Å²) in [5.41, 5.74) is 0. The second-order valence-corrected chi connectivity index (χ2v) is 4.01. The lowest BCUT2D eigenvalue weighted by molar-refractivity contribution is -0.140. The Labute approximate surface area is 86.3 Å². The van der Waals surface area contributed by atoms with Gasteiger partial charge in [-0.25, -0.2) is 0 Å². The lowest BCUT2D eigenvalue weighted by Gasteiger charge is -2.27. The van der Waals surface area contributed by atoms with Crippen molar-refractivity contribution in [2.75, 3.05) is 40.0 Å². The van der Waals surface area contributed by atoms with Crippen LogP contribution in [-0.4, -0.2) is 55.7 Å². The zero-order chi connectivity index (χ0) is 9.68. The van der Waals surface area contributed by atoms with E-state index in [0.717, 1.165) is 26.3 Å². The maximum absolute atomic E-state index is 11.1. The first-order valence-corrected chi connectivity index (χ1v) is 5.17. The van der Waals surface area contributed by atoms with Crippen LogP contribution in [0.3, 0.4) is 0 Å². The summed E-state index contributed by atoms with van der Waals surface area (Å²) >= 11 is 3.28. The molecule has 5 heteroatoms. The number of methoxy groups -OCH3 is 1. The highest BCUT2D eigenvalue weighted by molar-refractivity contribution is 9.10. The number of rotatable bonds is 3. The molecule has 1 aliphatic rings. The van der Waals surface area contributed by atoms with Gasteiger partial charge >= 0.3 is 5.97 Å². The maximum atomic E-state index is 11.1. The van der Waals surface area contributed by atoms with Crippen molar-refractivity contribution in [1.82, 2.24) is 4.90 Å². The Hall–Kier alpha value is -0.130. The Morgan fingerprint density at radius 2 is 2.23 bits per heavy atom. The van der Waals surface area contributed by atoms with E-state index in [1.165, 1.54) is 7.11 Å². The van der Waals surface area contributed by atoms with E-state index in [1.54, 1.807) is 0 Å². The molecule has 1 heterocycles. The molecule has 1 rings (SSSR count). The molecule has 1 unspecified atom stereocenters. The monoisotopic (exact) mass is 251 g/mol. The SMILES string of the molecule is COC(=O)C(Br)CN1CCOCC1. The van der Waals surface area contributed by atoms with Gasteiger partial charge in [-0.1, -0.05) is 15.9 Å². The number of esters is 1. The lowest BCUT2D eigenvalue weighted by Crippen LogP contribution is -2.41. The number of ether oxygens (including phenoxy) is 2. The van der Waals surface area contributed by atoms with Crippen LogP contribution in [-0.2, 0) is 14.3 Å². The number of nitrogens with zero attached hydrogens (tertiary/aromatic N) is 1. The third-order valence-electron chi connectivity index (χ3n) is 1.98. The average molecular weight is 252 g/mol. The molecule has 1 saturated heterocycles. The topological polar surface area (TPSA) is 38.8 Å². The zero-order valence-corrected chi connectivity index (χ0v) is 9.25. The van der Waals surface area contributed by atoms with Crippen molar-refractivity contribution in [3.05, 3.63) is 0 Å². The second-order valence-electron chi connectivity index (χ2n) is 2.90. The molecule has 0 radical (unpaired) electrons. The van der Waals surface area contributed by atoms with Crippen molar-refractivity contribution in [3.63, 3.8) is 0 Å². The van der Waals surface area contributed by atoms with Crippen molar-refractivity contribution in [1.29, 1.82) is 0 Å². The Morgan fingerprint density at radius 3 is 2.77 bits per heavy atom. The van der Waals surface area contributed by atoms with Gasteiger partial charge in [-0.05, 0) is 0 Å². The number of carbonyl (C=O) groups is 1. The highest BCUT2D eigenvalue weighted by Crippen LogP contribution is 2.06. The van der Waals surface area contributed by atoms with E-state index in [0.29, 0.717) is 6.54 Å². The predicted molar refractivity (Wildman–Crippen MR) is 52.0 cm³/mol. The van der Waals surface area contributed by atoms with Crippen LogP contribution in [0.5, 0.6) is 0 Å². The third-order valence-corrected chi connectivity index (χ3v) is 2.64. The molecule has 0 aromatic carbocycles. The van der Waals surface area contributed by atoms with Gasteiger partial charge in [0.15, 0.2) is 0 Å². The van der Waals surface area contributed by atoms with E-state index < -0.39 is 0 Å². The molecule has 1 atom stereocenters. The lowest BCUT2D eigenvalue weighted by atomic mass is 10.3. The molecule has 0 aromatic heterocycles. The van der Waals surface area contributed by atoms with Gasteiger partial charge in [0.2, 0.25) is 0 Å². The van der Waals surface area contributed by atoms with Crippen LogP contribution >= 0.6 is 15.9 Å². The van der Waals surface area contributed by atoms with Gasteiger partial charge in [0.05, 0.1) is 20.3 Å². The largest absolute Gasteiger partial charge is 0.468 e. The van der Waals surface area contributed by atoms with Crippen LogP contribution in [0, 0.1) is 0 Å². The standard InChI is InChI=1S/C8H14BrNO3/c1-12-8(11)7(9)6-10-2-4-13-5-3-10/h7H,2-6H2,1H3. The summed E-state index contributed by atoms with van der Waals surface area (Å²) < 4.78 is 9.80. The van der Waals surface area contributed by atoms with E-state index in [-0.39, 0.29) is 10.8 Å². The molecular formula is C8H14BrNO3. The summed E-state index contributed by atoms with van der Waals surface area (Å²) in [7, 11) is 1.40. The summed E-state index contributed by atoms with van der Waals surface area (Å²) in [5.74, 6) is -0.216. The quantitative estimate of drug-likeness (QED) is 0.533. The average Bonchev–Trinajstić information content (AvgIpc) is 2.18. The highest BCUT2D eigenvalue weighted by Gasteiger charge is 2.20. The normalized spacial score (nSPS) is 21.1. The van der Waals surface area contributed by atoms with Crippen molar-refractivity contribution in [2.24, 2.45) is 0 Å². The smallest absolute Gasteiger partial charge is 0.320 e. The first-order valence-electron chi connectivity index (χ1n) is 4.26.